The van der Waals surface area contributed by atoms with Crippen LogP contribution in [-0.2, 0) is 10.8 Å². The second-order valence-corrected chi connectivity index (χ2v) is 19.0. The smallest absolute Gasteiger partial charge is 0.269 e. The average molecular weight is 896 g/mol. The second-order valence-electron chi connectivity index (χ2n) is 19.0. The number of aromatic nitrogens is 4. The van der Waals surface area contributed by atoms with Gasteiger partial charge >= 0.3 is 0 Å². The molecule has 3 aromatic heterocycles. The summed E-state index contributed by atoms with van der Waals surface area (Å²) in [5.41, 5.74) is 7.48. The zero-order valence-electron chi connectivity index (χ0n) is 51.5. The Balaban J connectivity index is 1.07. The summed E-state index contributed by atoms with van der Waals surface area (Å²) in [4.78, 5) is 4.73. The molecule has 5 nitrogen and oxygen atoms in total. The highest BCUT2D eigenvalue weighted by Crippen LogP contribution is 2.39. The SMILES string of the molecule is [2H]c1c([2H])c([2H])c(-c2cnc(-n3c4ccccc4c4ccc(Oc5cccc(-n6[c-][n+](-c7c(-c8c([2H])c([2H])c([2H])c([2H])c8[2H])cccc7C(C)(C)C)c7ccc(-c8ccc(C(C)(C)C)cc8)cc76)c5)cc43)cc2C([2H])([2H])[2H])c([2H])c1[2H]. The van der Waals surface area contributed by atoms with Crippen LogP contribution in [0.1, 0.15) is 76.1 Å². The molecule has 0 saturated carbocycles. The third-order valence-electron chi connectivity index (χ3n) is 12.4. The molecule has 3 heterocycles. The van der Waals surface area contributed by atoms with Crippen LogP contribution in [0.2, 0.25) is 0 Å². The lowest BCUT2D eigenvalue weighted by Crippen LogP contribution is -2.34. The summed E-state index contributed by atoms with van der Waals surface area (Å²) < 4.78 is 124. The maximum Gasteiger partial charge on any atom is 0.269 e. The summed E-state index contributed by atoms with van der Waals surface area (Å²) in [6.07, 6.45) is 4.91. The minimum absolute atomic E-state index is 0.0504. The molecule has 11 rings (SSSR count). The number of pyridine rings is 1. The van der Waals surface area contributed by atoms with Crippen molar-refractivity contribution in [1.82, 2.24) is 14.1 Å². The van der Waals surface area contributed by atoms with Crippen molar-refractivity contribution in [1.29, 1.82) is 0 Å². The standard InChI is InChI=1S/C63H54N4O/c1-42-36-60(64-40-54(42)45-20-12-9-13-21-45)67-56-27-15-14-24-52(56)53-34-33-50(39-58(53)67)68-49-23-16-22-48(38-49)65-41-66(61-51(44-18-10-8-11-19-44)25-17-26-55(61)63(5,6)7)57-35-30-46(37-59(57)65)43-28-31-47(32-29-43)62(2,3)4/h8-40H,1-7H3/i1D3,8D,9D,10D,11D,12D,13D,18D,19D,20D,21D. The number of rotatable bonds is 8. The molecule has 0 fully saturated rings. The lowest BCUT2D eigenvalue weighted by molar-refractivity contribution is -0.572. The van der Waals surface area contributed by atoms with Crippen LogP contribution < -0.4 is 9.30 Å². The molecule has 11 aromatic rings. The van der Waals surface area contributed by atoms with Crippen molar-refractivity contribution in [3.05, 3.63) is 223 Å². The van der Waals surface area contributed by atoms with Gasteiger partial charge in [-0.25, -0.2) is 4.98 Å². The topological polar surface area (TPSA) is 35.9 Å². The fourth-order valence-corrected chi connectivity index (χ4v) is 9.02. The normalized spacial score (nSPS) is 14.9. The van der Waals surface area contributed by atoms with E-state index in [-0.39, 0.29) is 45.6 Å². The Kier molecular flexibility index (Phi) is 7.44. The number of benzene rings is 8. The Morgan fingerprint density at radius 1 is 0.574 bits per heavy atom. The maximum absolute atomic E-state index is 9.12. The Bertz CT molecular complexity index is 4340. The Hall–Kier alpha value is -8.02. The highest BCUT2D eigenvalue weighted by atomic mass is 16.5. The van der Waals surface area contributed by atoms with Gasteiger partial charge in [0.25, 0.3) is 6.33 Å². The highest BCUT2D eigenvalue weighted by molar-refractivity contribution is 6.09. The lowest BCUT2D eigenvalue weighted by atomic mass is 9.83. The van der Waals surface area contributed by atoms with Crippen LogP contribution in [0.25, 0.3) is 83.4 Å². The Morgan fingerprint density at radius 2 is 1.26 bits per heavy atom. The van der Waals surface area contributed by atoms with Gasteiger partial charge in [0.05, 0.1) is 47.1 Å². The van der Waals surface area contributed by atoms with Crippen molar-refractivity contribution in [2.75, 3.05) is 0 Å². The molecule has 5 heteroatoms. The van der Waals surface area contributed by atoms with Crippen LogP contribution in [0.3, 0.4) is 0 Å². The van der Waals surface area contributed by atoms with Gasteiger partial charge in [-0.3, -0.25) is 13.7 Å². The first-order valence-corrected chi connectivity index (χ1v) is 22.5. The number of para-hydroxylation sites is 2. The monoisotopic (exact) mass is 896 g/mol. The van der Waals surface area contributed by atoms with Gasteiger partial charge < -0.3 is 4.74 Å². The van der Waals surface area contributed by atoms with Gasteiger partial charge in [-0.05, 0) is 111 Å². The van der Waals surface area contributed by atoms with E-state index in [9.17, 15) is 0 Å². The minimum atomic E-state index is -2.78. The van der Waals surface area contributed by atoms with E-state index in [0.717, 1.165) is 38.5 Å². The molecular formula is C63H54N4O. The van der Waals surface area contributed by atoms with E-state index in [0.29, 0.717) is 39.5 Å². The summed E-state index contributed by atoms with van der Waals surface area (Å²) in [5.74, 6) is 1.12. The first kappa shape index (κ1) is 30.3. The average Bonchev–Trinajstić information content (AvgIpc) is 3.26. The van der Waals surface area contributed by atoms with Crippen molar-refractivity contribution in [2.45, 2.75) is 59.2 Å². The third kappa shape index (κ3) is 7.74. The van der Waals surface area contributed by atoms with Crippen LogP contribution >= 0.6 is 0 Å². The van der Waals surface area contributed by atoms with E-state index in [1.165, 1.54) is 17.8 Å². The number of nitrogens with zero attached hydrogens (tertiary/aromatic N) is 4. The molecule has 332 valence electrons. The fraction of sp³-hybridized carbons (Fsp3) is 0.143. The van der Waals surface area contributed by atoms with Crippen LogP contribution in [0, 0.1) is 13.2 Å². The van der Waals surface area contributed by atoms with E-state index in [1.807, 2.05) is 98.6 Å². The summed E-state index contributed by atoms with van der Waals surface area (Å²) in [6, 6.07) is 37.6. The van der Waals surface area contributed by atoms with Gasteiger partial charge in [-0.15, -0.1) is 0 Å². The Labute approximate surface area is 417 Å². The van der Waals surface area contributed by atoms with Crippen molar-refractivity contribution < 1.29 is 27.1 Å². The van der Waals surface area contributed by atoms with Crippen LogP contribution in [0.15, 0.2) is 200 Å². The summed E-state index contributed by atoms with van der Waals surface area (Å²) in [5, 5.41) is 1.67. The molecule has 0 N–H and O–H groups in total. The molecule has 0 bridgehead atoms. The van der Waals surface area contributed by atoms with E-state index < -0.39 is 60.6 Å². The molecule has 0 spiro atoms. The summed E-state index contributed by atoms with van der Waals surface area (Å²) >= 11 is 0. The number of aryl methyl sites for hydroxylation is 1. The molecule has 0 unspecified atom stereocenters. The number of hydrogen-bond donors (Lipinski definition) is 0. The number of hydrogen-bond acceptors (Lipinski definition) is 2. The summed E-state index contributed by atoms with van der Waals surface area (Å²) in [6.45, 7) is 9.97. The zero-order chi connectivity index (χ0) is 57.9. The van der Waals surface area contributed by atoms with Crippen molar-refractivity contribution >= 4 is 32.8 Å². The number of fused-ring (bicyclic) bond motifs is 4. The quantitative estimate of drug-likeness (QED) is 0.113. The highest BCUT2D eigenvalue weighted by Gasteiger charge is 2.25. The van der Waals surface area contributed by atoms with Crippen molar-refractivity contribution in [3.8, 4) is 62.1 Å². The molecule has 0 aliphatic heterocycles. The van der Waals surface area contributed by atoms with E-state index >= 15 is 0 Å². The van der Waals surface area contributed by atoms with Gasteiger partial charge in [0.15, 0.2) is 0 Å². The Morgan fingerprint density at radius 3 is 2.00 bits per heavy atom. The molecular weight excluding hydrogens is 829 g/mol. The first-order chi connectivity index (χ1) is 38.2. The molecule has 0 aliphatic carbocycles. The number of ether oxygens (including phenoxy) is 1. The molecule has 0 amide bonds. The predicted molar refractivity (Wildman–Crippen MR) is 281 cm³/mol. The van der Waals surface area contributed by atoms with Crippen molar-refractivity contribution in [2.24, 2.45) is 0 Å². The summed E-state index contributed by atoms with van der Waals surface area (Å²) in [7, 11) is 0. The van der Waals surface area contributed by atoms with E-state index in [2.05, 4.69) is 84.3 Å². The van der Waals surface area contributed by atoms with Crippen LogP contribution in [0.5, 0.6) is 11.5 Å². The molecule has 0 atom stereocenters. The van der Waals surface area contributed by atoms with Gasteiger partial charge in [0.2, 0.25) is 0 Å². The molecule has 0 saturated heterocycles. The third-order valence-corrected chi connectivity index (χ3v) is 12.4. The molecule has 0 radical (unpaired) electrons. The fourth-order valence-electron chi connectivity index (χ4n) is 9.02. The number of imidazole rings is 1. The van der Waals surface area contributed by atoms with Gasteiger partial charge in [0, 0.05) is 32.7 Å². The van der Waals surface area contributed by atoms with Crippen LogP contribution in [0.4, 0.5) is 0 Å². The predicted octanol–water partition coefficient (Wildman–Crippen LogP) is 15.9. The molecule has 8 aromatic carbocycles. The molecule has 0 aliphatic rings. The van der Waals surface area contributed by atoms with Gasteiger partial charge in [0.1, 0.15) is 17.3 Å². The largest absolute Gasteiger partial charge is 0.458 e. The second kappa shape index (κ2) is 16.7. The van der Waals surface area contributed by atoms with Gasteiger partial charge in [-0.1, -0.05) is 181 Å². The van der Waals surface area contributed by atoms with Gasteiger partial charge in [-0.2, -0.15) is 0 Å². The maximum atomic E-state index is 9.12. The molecule has 68 heavy (non-hydrogen) atoms. The van der Waals surface area contributed by atoms with E-state index in [1.54, 1.807) is 6.07 Å². The van der Waals surface area contributed by atoms with Crippen molar-refractivity contribution in [3.63, 3.8) is 0 Å². The first-order valence-electron chi connectivity index (χ1n) is 29.0. The lowest BCUT2D eigenvalue weighted by Gasteiger charge is -2.26. The minimum Gasteiger partial charge on any atom is -0.458 e. The van der Waals surface area contributed by atoms with Crippen LogP contribution in [-0.4, -0.2) is 14.1 Å². The van der Waals surface area contributed by atoms with E-state index in [4.69, 9.17) is 27.5 Å². The zero-order valence-corrected chi connectivity index (χ0v) is 38.5.